The molecule has 9 heteroatoms. The number of rotatable bonds is 4. The van der Waals surface area contributed by atoms with E-state index < -0.39 is 10.0 Å². The Morgan fingerprint density at radius 1 is 1.39 bits per heavy atom. The van der Waals surface area contributed by atoms with E-state index in [1.807, 2.05) is 0 Å². The lowest BCUT2D eigenvalue weighted by Crippen LogP contribution is -2.25. The van der Waals surface area contributed by atoms with E-state index in [-0.39, 0.29) is 17.4 Å². The second-order valence-electron chi connectivity index (χ2n) is 3.22. The van der Waals surface area contributed by atoms with E-state index in [1.165, 1.54) is 19.2 Å². The second kappa shape index (κ2) is 6.00. The average molecular weight is 402 g/mol. The highest BCUT2D eigenvalue weighted by molar-refractivity contribution is 9.11. The highest BCUT2D eigenvalue weighted by atomic mass is 79.9. The van der Waals surface area contributed by atoms with Gasteiger partial charge in [0.05, 0.1) is 13.8 Å². The van der Waals surface area contributed by atoms with Crippen LogP contribution in [-0.4, -0.2) is 28.0 Å². The standard InChI is InChI=1S/C9H10Br2N2O4S/c1-13-8(14)4-17-9-6(10)2-5(3-7(9)11)18(12,15)16/h2-3H,4H2,1H3,(H,13,14)(H2,12,15,16). The smallest absolute Gasteiger partial charge is 0.257 e. The van der Waals surface area contributed by atoms with Gasteiger partial charge in [-0.3, -0.25) is 4.79 Å². The van der Waals surface area contributed by atoms with Crippen molar-refractivity contribution in [2.24, 2.45) is 5.14 Å². The minimum atomic E-state index is -3.80. The van der Waals surface area contributed by atoms with E-state index in [1.54, 1.807) is 0 Å². The van der Waals surface area contributed by atoms with Crippen molar-refractivity contribution in [3.63, 3.8) is 0 Å². The molecule has 3 N–H and O–H groups in total. The Labute approximate surface area is 121 Å². The number of amides is 1. The summed E-state index contributed by atoms with van der Waals surface area (Å²) >= 11 is 6.31. The fraction of sp³-hybridized carbons (Fsp3) is 0.222. The van der Waals surface area contributed by atoms with E-state index in [2.05, 4.69) is 37.2 Å². The number of likely N-dealkylation sites (N-methyl/N-ethyl adjacent to an activating group) is 1. The first kappa shape index (κ1) is 15.4. The number of nitrogens with one attached hydrogen (secondary N) is 1. The molecule has 0 aliphatic rings. The van der Waals surface area contributed by atoms with Gasteiger partial charge < -0.3 is 10.1 Å². The molecule has 0 aliphatic heterocycles. The molecule has 0 bridgehead atoms. The van der Waals surface area contributed by atoms with Crippen LogP contribution >= 0.6 is 31.9 Å². The van der Waals surface area contributed by atoms with Crippen LogP contribution in [0.15, 0.2) is 26.0 Å². The molecule has 100 valence electrons. The van der Waals surface area contributed by atoms with Gasteiger partial charge in [-0.05, 0) is 44.0 Å². The fourth-order valence-electron chi connectivity index (χ4n) is 1.05. The number of carbonyl (C=O) groups excluding carboxylic acids is 1. The zero-order chi connectivity index (χ0) is 13.9. The van der Waals surface area contributed by atoms with Gasteiger partial charge in [-0.15, -0.1) is 0 Å². The molecule has 6 nitrogen and oxygen atoms in total. The van der Waals surface area contributed by atoms with Crippen molar-refractivity contribution < 1.29 is 17.9 Å². The summed E-state index contributed by atoms with van der Waals surface area (Å²) < 4.78 is 28.4. The van der Waals surface area contributed by atoms with E-state index in [0.29, 0.717) is 14.7 Å². The minimum Gasteiger partial charge on any atom is -0.481 e. The molecule has 0 unspecified atom stereocenters. The molecule has 0 aliphatic carbocycles. The van der Waals surface area contributed by atoms with Crippen LogP contribution in [0.3, 0.4) is 0 Å². The lowest BCUT2D eigenvalue weighted by molar-refractivity contribution is -0.122. The van der Waals surface area contributed by atoms with Gasteiger partial charge in [0.2, 0.25) is 10.0 Å². The van der Waals surface area contributed by atoms with E-state index in [9.17, 15) is 13.2 Å². The van der Waals surface area contributed by atoms with Crippen molar-refractivity contribution in [3.8, 4) is 5.75 Å². The number of benzene rings is 1. The zero-order valence-corrected chi connectivity index (χ0v) is 13.2. The Bertz CT molecular complexity index is 551. The predicted octanol–water partition coefficient (Wildman–Crippen LogP) is 0.984. The van der Waals surface area contributed by atoms with Gasteiger partial charge >= 0.3 is 0 Å². The second-order valence-corrected chi connectivity index (χ2v) is 6.49. The van der Waals surface area contributed by atoms with Gasteiger partial charge in [-0.2, -0.15) is 0 Å². The quantitative estimate of drug-likeness (QED) is 0.785. The molecule has 0 saturated carbocycles. The number of ether oxygens (including phenoxy) is 1. The molecule has 1 aromatic rings. The van der Waals surface area contributed by atoms with Crippen LogP contribution < -0.4 is 15.2 Å². The third-order valence-electron chi connectivity index (χ3n) is 1.93. The SMILES string of the molecule is CNC(=O)COc1c(Br)cc(S(N)(=O)=O)cc1Br. The van der Waals surface area contributed by atoms with Crippen LogP contribution in [0.5, 0.6) is 5.75 Å². The van der Waals surface area contributed by atoms with Crippen LogP contribution in [0.2, 0.25) is 0 Å². The number of primary sulfonamides is 1. The summed E-state index contributed by atoms with van der Waals surface area (Å²) in [4.78, 5) is 11.0. The molecule has 0 fully saturated rings. The van der Waals surface area contributed by atoms with Gasteiger partial charge in [0.15, 0.2) is 6.61 Å². The van der Waals surface area contributed by atoms with E-state index in [4.69, 9.17) is 9.88 Å². The average Bonchev–Trinajstić information content (AvgIpc) is 2.26. The Hall–Kier alpha value is -0.640. The normalized spacial score (nSPS) is 11.1. The number of carbonyl (C=O) groups is 1. The molecule has 0 atom stereocenters. The highest BCUT2D eigenvalue weighted by Crippen LogP contribution is 2.35. The summed E-state index contributed by atoms with van der Waals surface area (Å²) in [6, 6.07) is 2.61. The minimum absolute atomic E-state index is 0.0615. The topological polar surface area (TPSA) is 98.5 Å². The monoisotopic (exact) mass is 400 g/mol. The summed E-state index contributed by atoms with van der Waals surface area (Å²) in [6.07, 6.45) is 0. The van der Waals surface area contributed by atoms with Crippen molar-refractivity contribution in [1.29, 1.82) is 0 Å². The molecule has 0 heterocycles. The molecule has 1 aromatic carbocycles. The molecule has 1 rings (SSSR count). The first-order chi connectivity index (χ1) is 8.25. The van der Waals surface area contributed by atoms with Crippen molar-refractivity contribution in [3.05, 3.63) is 21.1 Å². The van der Waals surface area contributed by atoms with Crippen LogP contribution in [0.4, 0.5) is 0 Å². The van der Waals surface area contributed by atoms with Gasteiger partial charge in [0, 0.05) is 7.05 Å². The fourth-order valence-corrected chi connectivity index (χ4v) is 3.33. The lowest BCUT2D eigenvalue weighted by atomic mass is 10.3. The Morgan fingerprint density at radius 2 is 1.89 bits per heavy atom. The van der Waals surface area contributed by atoms with E-state index in [0.717, 1.165) is 0 Å². The molecule has 1 amide bonds. The maximum atomic E-state index is 11.2. The number of hydrogen-bond acceptors (Lipinski definition) is 4. The summed E-state index contributed by atoms with van der Waals surface area (Å²) in [5, 5.41) is 7.41. The number of hydrogen-bond donors (Lipinski definition) is 2. The molecule has 0 spiro atoms. The van der Waals surface area contributed by atoms with Gasteiger partial charge in [-0.25, -0.2) is 13.6 Å². The highest BCUT2D eigenvalue weighted by Gasteiger charge is 2.15. The molecular formula is C9H10Br2N2O4S. The summed E-state index contributed by atoms with van der Waals surface area (Å²) in [7, 11) is -2.31. The van der Waals surface area contributed by atoms with Crippen LogP contribution in [0.1, 0.15) is 0 Å². The molecule has 18 heavy (non-hydrogen) atoms. The Morgan fingerprint density at radius 3 is 2.28 bits per heavy atom. The van der Waals surface area contributed by atoms with Gasteiger partial charge in [0.1, 0.15) is 5.75 Å². The van der Waals surface area contributed by atoms with Crippen molar-refractivity contribution in [2.45, 2.75) is 4.90 Å². The van der Waals surface area contributed by atoms with Crippen molar-refractivity contribution in [1.82, 2.24) is 5.32 Å². The maximum Gasteiger partial charge on any atom is 0.257 e. The number of nitrogens with two attached hydrogens (primary N) is 1. The van der Waals surface area contributed by atoms with Crippen LogP contribution in [0, 0.1) is 0 Å². The maximum absolute atomic E-state index is 11.2. The first-order valence-corrected chi connectivity index (χ1v) is 7.74. The zero-order valence-electron chi connectivity index (χ0n) is 9.24. The van der Waals surface area contributed by atoms with Crippen LogP contribution in [0.25, 0.3) is 0 Å². The Balaban J connectivity index is 3.06. The van der Waals surface area contributed by atoms with Gasteiger partial charge in [0.25, 0.3) is 5.91 Å². The lowest BCUT2D eigenvalue weighted by Gasteiger charge is -2.11. The third kappa shape index (κ3) is 3.94. The third-order valence-corrected chi connectivity index (χ3v) is 4.00. The molecule has 0 aromatic heterocycles. The summed E-state index contributed by atoms with van der Waals surface area (Å²) in [5.74, 6) is 0.0234. The van der Waals surface area contributed by atoms with Crippen molar-refractivity contribution in [2.75, 3.05) is 13.7 Å². The number of sulfonamides is 1. The number of halogens is 2. The Kier molecular flexibility index (Phi) is 5.14. The molecular weight excluding hydrogens is 392 g/mol. The van der Waals surface area contributed by atoms with Crippen LogP contribution in [-0.2, 0) is 14.8 Å². The van der Waals surface area contributed by atoms with E-state index >= 15 is 0 Å². The summed E-state index contributed by atoms with van der Waals surface area (Å²) in [6.45, 7) is -0.178. The van der Waals surface area contributed by atoms with Gasteiger partial charge in [-0.1, -0.05) is 0 Å². The molecule has 0 radical (unpaired) electrons. The largest absolute Gasteiger partial charge is 0.481 e. The summed E-state index contributed by atoms with van der Waals surface area (Å²) in [5.41, 5.74) is 0. The first-order valence-electron chi connectivity index (χ1n) is 4.61. The predicted molar refractivity (Wildman–Crippen MR) is 72.8 cm³/mol. The van der Waals surface area contributed by atoms with Crippen molar-refractivity contribution >= 4 is 47.8 Å². The molecule has 0 saturated heterocycles.